The Kier molecular flexibility index (Phi) is 5.02. The van der Waals surface area contributed by atoms with Crippen molar-refractivity contribution in [1.82, 2.24) is 14.8 Å². The van der Waals surface area contributed by atoms with Crippen molar-refractivity contribution in [3.05, 3.63) is 28.2 Å². The molecular formula is C17H26N4OS. The zero-order valence-corrected chi connectivity index (χ0v) is 14.8. The van der Waals surface area contributed by atoms with Gasteiger partial charge in [0, 0.05) is 37.8 Å². The summed E-state index contributed by atoms with van der Waals surface area (Å²) in [6.07, 6.45) is 3.39. The number of piperidine rings is 1. The van der Waals surface area contributed by atoms with Crippen molar-refractivity contribution < 1.29 is 0 Å². The molecule has 0 saturated carbocycles. The van der Waals surface area contributed by atoms with E-state index in [1.54, 1.807) is 0 Å². The number of anilines is 1. The third-order valence-electron chi connectivity index (χ3n) is 4.85. The first-order valence-electron chi connectivity index (χ1n) is 8.55. The molecule has 0 radical (unpaired) electrons. The molecule has 2 atom stereocenters. The molecule has 0 aromatic carbocycles. The van der Waals surface area contributed by atoms with Gasteiger partial charge in [0.25, 0.3) is 5.56 Å². The zero-order chi connectivity index (χ0) is 16.4. The van der Waals surface area contributed by atoms with Gasteiger partial charge < -0.3 is 20.1 Å². The summed E-state index contributed by atoms with van der Waals surface area (Å²) in [6, 6.07) is 3.98. The van der Waals surface area contributed by atoms with Crippen LogP contribution < -0.4 is 16.2 Å². The van der Waals surface area contributed by atoms with Crippen LogP contribution in [0.15, 0.2) is 16.9 Å². The van der Waals surface area contributed by atoms with E-state index in [1.165, 1.54) is 12.1 Å². The average Bonchev–Trinajstić information content (AvgIpc) is 2.50. The second-order valence-corrected chi connectivity index (χ2v) is 7.25. The number of rotatable bonds is 4. The second kappa shape index (κ2) is 7.01. The fourth-order valence-corrected chi connectivity index (χ4v) is 4.04. The number of hydrogen-bond acceptors (Lipinski definition) is 3. The van der Waals surface area contributed by atoms with E-state index in [4.69, 9.17) is 12.2 Å². The largest absolute Gasteiger partial charge is 0.362 e. The van der Waals surface area contributed by atoms with Crippen LogP contribution in [-0.2, 0) is 6.54 Å². The summed E-state index contributed by atoms with van der Waals surface area (Å²) in [5.74, 6) is 1.05. The molecule has 3 heterocycles. The maximum Gasteiger partial charge on any atom is 0.274 e. The molecule has 3 rings (SSSR count). The van der Waals surface area contributed by atoms with Crippen LogP contribution in [0.5, 0.6) is 0 Å². The van der Waals surface area contributed by atoms with Gasteiger partial charge >= 0.3 is 0 Å². The van der Waals surface area contributed by atoms with E-state index >= 15 is 0 Å². The van der Waals surface area contributed by atoms with Gasteiger partial charge in [-0.05, 0) is 50.2 Å². The molecule has 1 saturated heterocycles. The van der Waals surface area contributed by atoms with Crippen LogP contribution in [0.25, 0.3) is 0 Å². The molecule has 126 valence electrons. The molecule has 23 heavy (non-hydrogen) atoms. The smallest absolute Gasteiger partial charge is 0.274 e. The Morgan fingerprint density at radius 3 is 2.96 bits per heavy atom. The van der Waals surface area contributed by atoms with Crippen LogP contribution in [0.1, 0.15) is 37.8 Å². The minimum atomic E-state index is 0.0568. The number of nitrogens with one attached hydrogen (secondary N) is 2. The maximum atomic E-state index is 12.8. The first-order chi connectivity index (χ1) is 11.1. The van der Waals surface area contributed by atoms with Gasteiger partial charge in [-0.25, -0.2) is 0 Å². The van der Waals surface area contributed by atoms with Crippen molar-refractivity contribution in [2.45, 2.75) is 38.6 Å². The monoisotopic (exact) mass is 334 g/mol. The lowest BCUT2D eigenvalue weighted by Crippen LogP contribution is -2.46. The average molecular weight is 334 g/mol. The summed E-state index contributed by atoms with van der Waals surface area (Å²) in [4.78, 5) is 15.2. The molecular weight excluding hydrogens is 308 g/mol. The highest BCUT2D eigenvalue weighted by molar-refractivity contribution is 7.80. The van der Waals surface area contributed by atoms with Crippen molar-refractivity contribution in [3.8, 4) is 0 Å². The van der Waals surface area contributed by atoms with Crippen LogP contribution in [0, 0.1) is 5.92 Å². The van der Waals surface area contributed by atoms with Crippen molar-refractivity contribution in [1.29, 1.82) is 0 Å². The number of unbranched alkanes of at least 4 members (excludes halogenated alkanes) is 1. The molecule has 2 bridgehead atoms. The fourth-order valence-electron chi connectivity index (χ4n) is 3.83. The molecule has 1 fully saturated rings. The second-order valence-electron chi connectivity index (χ2n) is 6.84. The normalized spacial score (nSPS) is 23.2. The summed E-state index contributed by atoms with van der Waals surface area (Å²) < 4.78 is 1.96. The number of pyridine rings is 1. The van der Waals surface area contributed by atoms with Gasteiger partial charge in [-0.3, -0.25) is 4.79 Å². The quantitative estimate of drug-likeness (QED) is 0.651. The SMILES string of the molecule is CCCCNC(=S)Nc1ccc2n(c1=O)C[C@H]1C[C@@H]2CN(C)C1. The van der Waals surface area contributed by atoms with Crippen molar-refractivity contribution >= 4 is 23.0 Å². The van der Waals surface area contributed by atoms with Crippen LogP contribution in [0.2, 0.25) is 0 Å². The van der Waals surface area contributed by atoms with Crippen LogP contribution in [0.4, 0.5) is 5.69 Å². The molecule has 1 aromatic heterocycles. The molecule has 0 aliphatic carbocycles. The molecule has 1 aromatic rings. The number of thiocarbonyl (C=S) groups is 1. The lowest BCUT2D eigenvalue weighted by molar-refractivity contribution is 0.145. The molecule has 2 aliphatic heterocycles. The highest BCUT2D eigenvalue weighted by atomic mass is 32.1. The van der Waals surface area contributed by atoms with Crippen molar-refractivity contribution in [2.24, 2.45) is 5.92 Å². The number of hydrogen-bond donors (Lipinski definition) is 2. The number of aromatic nitrogens is 1. The minimum absolute atomic E-state index is 0.0568. The number of likely N-dealkylation sites (tertiary alicyclic amines) is 1. The van der Waals surface area contributed by atoms with Gasteiger partial charge in [0.2, 0.25) is 0 Å². The standard InChI is InChI=1S/C17H26N4OS/c1-3-4-7-18-17(23)19-14-5-6-15-13-8-12(9-20(2)11-13)10-21(15)16(14)22/h5-6,12-13H,3-4,7-11H2,1-2H3,(H2,18,19,23)/t12-,13+/m0/s1. The Morgan fingerprint density at radius 1 is 1.35 bits per heavy atom. The van der Waals surface area contributed by atoms with Gasteiger partial charge in [-0.2, -0.15) is 0 Å². The highest BCUT2D eigenvalue weighted by Crippen LogP contribution is 2.34. The van der Waals surface area contributed by atoms with E-state index in [0.717, 1.165) is 39.0 Å². The Balaban J connectivity index is 1.77. The molecule has 6 heteroatoms. The third kappa shape index (κ3) is 3.58. The van der Waals surface area contributed by atoms with E-state index in [1.807, 2.05) is 10.6 Å². The topological polar surface area (TPSA) is 49.3 Å². The molecule has 0 amide bonds. The summed E-state index contributed by atoms with van der Waals surface area (Å²) in [7, 11) is 2.17. The molecule has 0 unspecified atom stereocenters. The maximum absolute atomic E-state index is 12.8. The van der Waals surface area contributed by atoms with Gasteiger partial charge in [0.15, 0.2) is 5.11 Å². The van der Waals surface area contributed by atoms with Gasteiger partial charge in [0.05, 0.1) is 0 Å². The zero-order valence-electron chi connectivity index (χ0n) is 14.0. The van der Waals surface area contributed by atoms with E-state index in [0.29, 0.717) is 22.6 Å². The predicted octanol–water partition coefficient (Wildman–Crippen LogP) is 1.98. The van der Waals surface area contributed by atoms with E-state index in [-0.39, 0.29) is 5.56 Å². The van der Waals surface area contributed by atoms with E-state index < -0.39 is 0 Å². The lowest BCUT2D eigenvalue weighted by atomic mass is 9.83. The first-order valence-corrected chi connectivity index (χ1v) is 8.96. The Morgan fingerprint density at radius 2 is 2.17 bits per heavy atom. The third-order valence-corrected chi connectivity index (χ3v) is 5.10. The molecule has 2 aliphatic rings. The van der Waals surface area contributed by atoms with Crippen LogP contribution in [0.3, 0.4) is 0 Å². The van der Waals surface area contributed by atoms with Crippen LogP contribution in [-0.4, -0.2) is 41.3 Å². The highest BCUT2D eigenvalue weighted by Gasteiger charge is 2.33. The van der Waals surface area contributed by atoms with Crippen molar-refractivity contribution in [2.75, 3.05) is 32.0 Å². The number of likely N-dealkylation sites (N-methyl/N-ethyl adjacent to an activating group) is 1. The summed E-state index contributed by atoms with van der Waals surface area (Å²) in [5.41, 5.74) is 1.81. The number of fused-ring (bicyclic) bond motifs is 4. The summed E-state index contributed by atoms with van der Waals surface area (Å²) >= 11 is 5.28. The Hall–Kier alpha value is -1.40. The van der Waals surface area contributed by atoms with Crippen molar-refractivity contribution in [3.63, 3.8) is 0 Å². The lowest BCUT2D eigenvalue weighted by Gasteiger charge is -2.41. The van der Waals surface area contributed by atoms with Gasteiger partial charge in [0.1, 0.15) is 5.69 Å². The molecule has 2 N–H and O–H groups in total. The Bertz CT molecular complexity index is 642. The van der Waals surface area contributed by atoms with E-state index in [2.05, 4.69) is 35.6 Å². The summed E-state index contributed by atoms with van der Waals surface area (Å²) in [5, 5.41) is 6.75. The van der Waals surface area contributed by atoms with Gasteiger partial charge in [-0.15, -0.1) is 0 Å². The Labute approximate surface area is 143 Å². The minimum Gasteiger partial charge on any atom is -0.362 e. The number of nitrogens with zero attached hydrogens (tertiary/aromatic N) is 2. The molecule has 0 spiro atoms. The fraction of sp³-hybridized carbons (Fsp3) is 0.647. The van der Waals surface area contributed by atoms with Crippen LogP contribution >= 0.6 is 12.2 Å². The van der Waals surface area contributed by atoms with E-state index in [9.17, 15) is 4.79 Å². The molecule has 5 nitrogen and oxygen atoms in total. The summed E-state index contributed by atoms with van der Waals surface area (Å²) in [6.45, 7) is 5.92. The predicted molar refractivity (Wildman–Crippen MR) is 98.2 cm³/mol. The van der Waals surface area contributed by atoms with Gasteiger partial charge in [-0.1, -0.05) is 13.3 Å². The first kappa shape index (κ1) is 16.5.